The molecule has 37 valence electrons. The molecular weight excluding hydrogens is 83.0 g/mol. The molecule has 0 aromatic heterocycles. The molecule has 0 aromatic rings. The van der Waals surface area contributed by atoms with Crippen LogP contribution in [0.2, 0.25) is 0 Å². The van der Waals surface area contributed by atoms with Gasteiger partial charge in [-0.1, -0.05) is 6.92 Å². The van der Waals surface area contributed by atoms with Crippen molar-refractivity contribution < 1.29 is 9.50 Å². The van der Waals surface area contributed by atoms with E-state index in [9.17, 15) is 4.39 Å². The van der Waals surface area contributed by atoms with Crippen LogP contribution in [0.25, 0.3) is 0 Å². The summed E-state index contributed by atoms with van der Waals surface area (Å²) in [5, 5.41) is 8.05. The van der Waals surface area contributed by atoms with Gasteiger partial charge in [-0.05, 0) is 0 Å². The first-order valence-corrected chi connectivity index (χ1v) is 1.83. The van der Waals surface area contributed by atoms with Gasteiger partial charge in [0, 0.05) is 13.3 Å². The van der Waals surface area contributed by atoms with E-state index in [2.05, 4.69) is 6.92 Å². The van der Waals surface area contributed by atoms with Crippen LogP contribution in [0.3, 0.4) is 0 Å². The van der Waals surface area contributed by atoms with Crippen LogP contribution in [0.15, 0.2) is 0 Å². The van der Waals surface area contributed by atoms with Crippen molar-refractivity contribution in [1.29, 1.82) is 0 Å². The Kier molecular flexibility index (Phi) is 1.53. The van der Waals surface area contributed by atoms with Crippen molar-refractivity contribution in [2.75, 3.05) is 0 Å². The summed E-state index contributed by atoms with van der Waals surface area (Å²) in [6.45, 7) is 4.30. The van der Waals surface area contributed by atoms with E-state index in [4.69, 9.17) is 5.11 Å². The van der Waals surface area contributed by atoms with Crippen molar-refractivity contribution in [2.24, 2.45) is 0 Å². The van der Waals surface area contributed by atoms with Crippen LogP contribution < -0.4 is 0 Å². The van der Waals surface area contributed by atoms with E-state index in [1.807, 2.05) is 0 Å². The lowest BCUT2D eigenvalue weighted by Crippen LogP contribution is -2.13. The second-order valence-corrected chi connectivity index (χ2v) is 1.27. The SMILES string of the molecule is [CH2]C(O)(F)CC. The van der Waals surface area contributed by atoms with E-state index in [-0.39, 0.29) is 6.42 Å². The number of alkyl halides is 1. The maximum absolute atomic E-state index is 11.6. The van der Waals surface area contributed by atoms with E-state index in [1.54, 1.807) is 0 Å². The first kappa shape index (κ1) is 5.89. The molecule has 0 amide bonds. The van der Waals surface area contributed by atoms with Crippen LogP contribution in [-0.2, 0) is 0 Å². The predicted molar refractivity (Wildman–Crippen MR) is 21.7 cm³/mol. The van der Waals surface area contributed by atoms with Crippen molar-refractivity contribution >= 4 is 0 Å². The number of halogens is 1. The highest BCUT2D eigenvalue weighted by atomic mass is 19.2. The fourth-order valence-electron chi connectivity index (χ4n) is 0. The quantitative estimate of drug-likeness (QED) is 0.508. The molecule has 6 heavy (non-hydrogen) atoms. The van der Waals surface area contributed by atoms with Gasteiger partial charge in [-0.2, -0.15) is 0 Å². The Hall–Kier alpha value is -0.110. The minimum atomic E-state index is -2.21. The molecule has 1 atom stereocenters. The Balaban J connectivity index is 3.17. The summed E-state index contributed by atoms with van der Waals surface area (Å²) < 4.78 is 11.6. The van der Waals surface area contributed by atoms with Gasteiger partial charge in [0.2, 0.25) is 5.85 Å². The second kappa shape index (κ2) is 1.56. The highest BCUT2D eigenvalue weighted by Crippen LogP contribution is 2.06. The molecular formula is C4H8FO. The summed E-state index contributed by atoms with van der Waals surface area (Å²) in [5.41, 5.74) is 0. The van der Waals surface area contributed by atoms with Crippen molar-refractivity contribution in [3.05, 3.63) is 6.92 Å². The van der Waals surface area contributed by atoms with Gasteiger partial charge in [0.15, 0.2) is 0 Å². The molecule has 2 heteroatoms. The first-order valence-electron chi connectivity index (χ1n) is 1.83. The van der Waals surface area contributed by atoms with E-state index in [0.717, 1.165) is 0 Å². The smallest absolute Gasteiger partial charge is 0.206 e. The second-order valence-electron chi connectivity index (χ2n) is 1.27. The molecule has 0 aromatic carbocycles. The lowest BCUT2D eigenvalue weighted by Gasteiger charge is -2.05. The minimum Gasteiger partial charge on any atom is -0.362 e. The third-order valence-electron chi connectivity index (χ3n) is 0.542. The lowest BCUT2D eigenvalue weighted by atomic mass is 10.3. The largest absolute Gasteiger partial charge is 0.362 e. The molecule has 0 spiro atoms. The zero-order valence-electron chi connectivity index (χ0n) is 3.74. The summed E-state index contributed by atoms with van der Waals surface area (Å²) in [4.78, 5) is 0. The molecule has 1 radical (unpaired) electrons. The molecule has 0 bridgehead atoms. The van der Waals surface area contributed by atoms with Crippen molar-refractivity contribution in [3.63, 3.8) is 0 Å². The summed E-state index contributed by atoms with van der Waals surface area (Å²) >= 11 is 0. The van der Waals surface area contributed by atoms with Gasteiger partial charge >= 0.3 is 0 Å². The molecule has 0 saturated heterocycles. The van der Waals surface area contributed by atoms with Crippen LogP contribution in [0.1, 0.15) is 13.3 Å². The molecule has 0 heterocycles. The molecule has 1 nitrogen and oxygen atoms in total. The van der Waals surface area contributed by atoms with Crippen LogP contribution in [0.4, 0.5) is 4.39 Å². The third kappa shape index (κ3) is 3.89. The molecule has 0 aliphatic carbocycles. The normalized spacial score (nSPS) is 20.0. The molecule has 1 N–H and O–H groups in total. The maximum atomic E-state index is 11.6. The molecule has 0 aliphatic heterocycles. The van der Waals surface area contributed by atoms with E-state index < -0.39 is 5.85 Å². The molecule has 0 rings (SSSR count). The van der Waals surface area contributed by atoms with E-state index in [0.29, 0.717) is 0 Å². The summed E-state index contributed by atoms with van der Waals surface area (Å²) in [6, 6.07) is 0. The number of hydrogen-bond donors (Lipinski definition) is 1. The number of hydrogen-bond acceptors (Lipinski definition) is 1. The molecule has 0 saturated carbocycles. The van der Waals surface area contributed by atoms with Crippen molar-refractivity contribution in [2.45, 2.75) is 19.2 Å². The third-order valence-corrected chi connectivity index (χ3v) is 0.542. The van der Waals surface area contributed by atoms with Gasteiger partial charge in [-0.3, -0.25) is 0 Å². The molecule has 0 fully saturated rings. The average molecular weight is 91.1 g/mol. The van der Waals surface area contributed by atoms with Crippen molar-refractivity contribution in [3.8, 4) is 0 Å². The molecule has 0 aliphatic rings. The first-order chi connectivity index (χ1) is 2.56. The van der Waals surface area contributed by atoms with E-state index >= 15 is 0 Å². The fourth-order valence-corrected chi connectivity index (χ4v) is 0. The summed E-state index contributed by atoms with van der Waals surface area (Å²) in [7, 11) is 0. The van der Waals surface area contributed by atoms with Crippen LogP contribution >= 0.6 is 0 Å². The monoisotopic (exact) mass is 91.1 g/mol. The van der Waals surface area contributed by atoms with Crippen LogP contribution in [-0.4, -0.2) is 11.0 Å². The highest BCUT2D eigenvalue weighted by Gasteiger charge is 2.12. The van der Waals surface area contributed by atoms with Gasteiger partial charge in [0.25, 0.3) is 0 Å². The van der Waals surface area contributed by atoms with Gasteiger partial charge < -0.3 is 5.11 Å². The van der Waals surface area contributed by atoms with Gasteiger partial charge in [-0.15, -0.1) is 0 Å². The topological polar surface area (TPSA) is 20.2 Å². The predicted octanol–water partition coefficient (Wildman–Crippen LogP) is 0.889. The standard InChI is InChI=1S/C4H8FO/c1-3-4(2,5)6/h6H,2-3H2,1H3. The maximum Gasteiger partial charge on any atom is 0.206 e. The Morgan fingerprint density at radius 2 is 2.17 bits per heavy atom. The number of aliphatic hydroxyl groups is 1. The Labute approximate surface area is 36.8 Å². The van der Waals surface area contributed by atoms with Gasteiger partial charge in [0.1, 0.15) is 0 Å². The average Bonchev–Trinajstić information content (AvgIpc) is 1.35. The Morgan fingerprint density at radius 1 is 2.00 bits per heavy atom. The van der Waals surface area contributed by atoms with Crippen molar-refractivity contribution in [1.82, 2.24) is 0 Å². The van der Waals surface area contributed by atoms with Gasteiger partial charge in [0.05, 0.1) is 0 Å². The Morgan fingerprint density at radius 3 is 2.17 bits per heavy atom. The fraction of sp³-hybridized carbons (Fsp3) is 0.750. The van der Waals surface area contributed by atoms with Gasteiger partial charge in [-0.25, -0.2) is 4.39 Å². The minimum absolute atomic E-state index is 0.0486. The summed E-state index contributed by atoms with van der Waals surface area (Å²) in [5.74, 6) is -2.21. The zero-order valence-corrected chi connectivity index (χ0v) is 3.74. The zero-order chi connectivity index (χ0) is 5.21. The lowest BCUT2D eigenvalue weighted by molar-refractivity contribution is -0.0466. The highest BCUT2D eigenvalue weighted by molar-refractivity contribution is 4.62. The molecule has 1 unspecified atom stereocenters. The van der Waals surface area contributed by atoms with Crippen LogP contribution in [0.5, 0.6) is 0 Å². The van der Waals surface area contributed by atoms with Crippen LogP contribution in [0, 0.1) is 6.92 Å². The number of rotatable bonds is 1. The summed E-state index contributed by atoms with van der Waals surface area (Å²) in [6.07, 6.45) is 0.0486. The Bertz CT molecular complexity index is 37.3. The van der Waals surface area contributed by atoms with E-state index in [1.165, 1.54) is 6.92 Å².